The van der Waals surface area contributed by atoms with Gasteiger partial charge in [-0.25, -0.2) is 4.79 Å². The molecule has 128 valence electrons. The molecule has 1 heterocycles. The van der Waals surface area contributed by atoms with Crippen LogP contribution in [0.2, 0.25) is 0 Å². The maximum Gasteiger partial charge on any atom is 0.418 e. The molecule has 0 aliphatic carbocycles. The van der Waals surface area contributed by atoms with Crippen LogP contribution in [-0.4, -0.2) is 30.2 Å². The third-order valence-corrected chi connectivity index (χ3v) is 4.10. The number of carbonyl (C=O) groups is 1. The number of ether oxygens (including phenoxy) is 3. The van der Waals surface area contributed by atoms with Gasteiger partial charge in [-0.05, 0) is 23.3 Å². The zero-order chi connectivity index (χ0) is 17.6. The highest BCUT2D eigenvalue weighted by atomic mass is 16.6. The number of nitrogens with zero attached hydrogens (tertiary/aromatic N) is 2. The van der Waals surface area contributed by atoms with E-state index in [0.717, 1.165) is 16.9 Å². The van der Waals surface area contributed by atoms with Crippen LogP contribution in [0, 0.1) is 5.92 Å². The first-order chi connectivity index (χ1) is 12.2. The fraction of sp³-hybridized carbons (Fsp3) is 0.263. The Hall–Kier alpha value is -2.95. The number of hydrogen-bond acceptors (Lipinski definition) is 4. The van der Waals surface area contributed by atoms with Gasteiger partial charge in [0.25, 0.3) is 0 Å². The van der Waals surface area contributed by atoms with Crippen LogP contribution in [0.4, 0.5) is 0 Å². The monoisotopic (exact) mass is 338 g/mol. The molecule has 6 heteroatoms. The van der Waals surface area contributed by atoms with Crippen molar-refractivity contribution in [3.8, 4) is 5.75 Å². The quantitative estimate of drug-likeness (QED) is 0.461. The predicted molar refractivity (Wildman–Crippen MR) is 90.0 cm³/mol. The van der Waals surface area contributed by atoms with Gasteiger partial charge in [0, 0.05) is 0 Å². The van der Waals surface area contributed by atoms with E-state index in [9.17, 15) is 10.3 Å². The lowest BCUT2D eigenvalue weighted by Crippen LogP contribution is -2.23. The van der Waals surface area contributed by atoms with E-state index in [0.29, 0.717) is 6.61 Å². The number of methoxy groups -OCH3 is 1. The Morgan fingerprint density at radius 1 is 1.16 bits per heavy atom. The minimum absolute atomic E-state index is 0.0144. The first-order valence-corrected chi connectivity index (χ1v) is 7.91. The molecule has 1 saturated heterocycles. The molecular weight excluding hydrogens is 320 g/mol. The molecule has 6 nitrogen and oxygen atoms in total. The molecule has 25 heavy (non-hydrogen) atoms. The van der Waals surface area contributed by atoms with Crippen LogP contribution in [0.5, 0.6) is 5.75 Å². The van der Waals surface area contributed by atoms with Crippen molar-refractivity contribution < 1.29 is 23.8 Å². The second-order valence-corrected chi connectivity index (χ2v) is 5.69. The van der Waals surface area contributed by atoms with E-state index in [-0.39, 0.29) is 12.3 Å². The first-order valence-electron chi connectivity index (χ1n) is 7.91. The summed E-state index contributed by atoms with van der Waals surface area (Å²) in [4.78, 5) is 15.1. The Morgan fingerprint density at radius 2 is 1.96 bits per heavy atom. The van der Waals surface area contributed by atoms with Gasteiger partial charge >= 0.3 is 11.7 Å². The molecule has 1 aliphatic rings. The molecule has 0 radical (unpaired) electrons. The van der Waals surface area contributed by atoms with Crippen LogP contribution in [0.3, 0.4) is 0 Å². The molecule has 0 spiro atoms. The number of benzene rings is 2. The van der Waals surface area contributed by atoms with Gasteiger partial charge in [-0.1, -0.05) is 42.5 Å². The van der Waals surface area contributed by atoms with Crippen molar-refractivity contribution in [3.05, 3.63) is 71.3 Å². The third-order valence-electron chi connectivity index (χ3n) is 4.10. The lowest BCUT2D eigenvalue weighted by atomic mass is 9.94. The average Bonchev–Trinajstić information content (AvgIpc) is 2.98. The molecule has 0 amide bonds. The summed E-state index contributed by atoms with van der Waals surface area (Å²) in [5, 5.41) is 0. The molecule has 2 aromatic rings. The van der Waals surface area contributed by atoms with Crippen molar-refractivity contribution in [2.75, 3.05) is 13.7 Å². The van der Waals surface area contributed by atoms with Gasteiger partial charge in [0.1, 0.15) is 17.8 Å². The Bertz CT molecular complexity index is 800. The van der Waals surface area contributed by atoms with Crippen molar-refractivity contribution in [1.29, 1.82) is 0 Å². The smallest absolute Gasteiger partial charge is 0.418 e. The summed E-state index contributed by atoms with van der Waals surface area (Å²) in [5.41, 5.74) is 10.9. The second-order valence-electron chi connectivity index (χ2n) is 5.69. The molecule has 0 N–H and O–H groups in total. The summed E-state index contributed by atoms with van der Waals surface area (Å²) in [5.74, 6) is -0.336. The summed E-state index contributed by atoms with van der Waals surface area (Å²) < 4.78 is 16.3. The van der Waals surface area contributed by atoms with Crippen LogP contribution in [-0.2, 0) is 20.9 Å². The molecule has 2 aromatic carbocycles. The molecule has 0 saturated carbocycles. The van der Waals surface area contributed by atoms with Crippen molar-refractivity contribution in [2.45, 2.75) is 12.7 Å². The Balaban J connectivity index is 1.71. The molecule has 3 rings (SSSR count). The number of esters is 1. The maximum absolute atomic E-state index is 11.9. The van der Waals surface area contributed by atoms with Gasteiger partial charge in [0.15, 0.2) is 0 Å². The highest BCUT2D eigenvalue weighted by Gasteiger charge is 2.49. The number of hydrogen-bond donors (Lipinski definition) is 0. The van der Waals surface area contributed by atoms with Gasteiger partial charge in [-0.3, -0.25) is 0 Å². The van der Waals surface area contributed by atoms with E-state index in [1.54, 1.807) is 7.11 Å². The van der Waals surface area contributed by atoms with Crippen molar-refractivity contribution >= 4 is 11.7 Å². The zero-order valence-electron chi connectivity index (χ0n) is 13.8. The molecule has 0 aromatic heterocycles. The summed E-state index contributed by atoms with van der Waals surface area (Å²) >= 11 is 0. The Labute approximate surface area is 145 Å². The fourth-order valence-electron chi connectivity index (χ4n) is 2.84. The molecule has 0 unspecified atom stereocenters. The molecule has 0 bridgehead atoms. The minimum atomic E-state index is -0.619. The van der Waals surface area contributed by atoms with Crippen molar-refractivity contribution in [1.82, 2.24) is 0 Å². The van der Waals surface area contributed by atoms with Gasteiger partial charge < -0.3 is 19.7 Å². The highest BCUT2D eigenvalue weighted by molar-refractivity contribution is 6.36. The van der Waals surface area contributed by atoms with E-state index in [4.69, 9.17) is 14.2 Å². The average molecular weight is 338 g/mol. The Morgan fingerprint density at radius 3 is 2.68 bits per heavy atom. The van der Waals surface area contributed by atoms with E-state index < -0.39 is 18.0 Å². The summed E-state index contributed by atoms with van der Waals surface area (Å²) in [7, 11) is 1.61. The number of rotatable bonds is 6. The van der Waals surface area contributed by atoms with E-state index >= 15 is 0 Å². The largest absolute Gasteiger partial charge is 0.497 e. The summed E-state index contributed by atoms with van der Waals surface area (Å²) in [6.07, 6.45) is -0.523. The molecule has 1 fully saturated rings. The molecular formula is C19H18N2O4. The topological polar surface area (TPSA) is 81.2 Å². The fourth-order valence-corrected chi connectivity index (χ4v) is 2.84. The number of cyclic esters (lactones) is 1. The summed E-state index contributed by atoms with van der Waals surface area (Å²) in [6, 6.07) is 16.9. The Kier molecular flexibility index (Phi) is 5.23. The van der Waals surface area contributed by atoms with Crippen molar-refractivity contribution in [2.24, 2.45) is 5.92 Å². The number of carbonyl (C=O) groups excluding carboxylic acids is 1. The van der Waals surface area contributed by atoms with Crippen LogP contribution in [0.25, 0.3) is 5.53 Å². The lowest BCUT2D eigenvalue weighted by Gasteiger charge is -2.15. The summed E-state index contributed by atoms with van der Waals surface area (Å²) in [6.45, 7) is 0.546. The van der Waals surface area contributed by atoms with Crippen LogP contribution < -0.4 is 4.74 Å². The van der Waals surface area contributed by atoms with E-state index in [1.807, 2.05) is 54.6 Å². The van der Waals surface area contributed by atoms with Gasteiger partial charge in [0.2, 0.25) is 0 Å². The molecule has 1 aliphatic heterocycles. The van der Waals surface area contributed by atoms with Gasteiger partial charge in [-0.15, -0.1) is 0 Å². The minimum Gasteiger partial charge on any atom is -0.497 e. The standard InChI is InChI=1S/C19H18N2O4/c1-23-15-9-5-6-13(10-15)11-24-12-16-17(21-20)19(22)25-18(16)14-7-3-2-4-8-14/h2-10,16,18H,11-12H2,1H3/t16-,18+/m0/s1. The SMILES string of the molecule is COc1cccc(COC[C@H]2C(=[N+]=[N-])C(=O)O[C@@H]2c2ccccc2)c1. The van der Waals surface area contributed by atoms with Crippen LogP contribution >= 0.6 is 0 Å². The van der Waals surface area contributed by atoms with Gasteiger partial charge in [0.05, 0.1) is 20.3 Å². The van der Waals surface area contributed by atoms with E-state index in [1.165, 1.54) is 0 Å². The maximum atomic E-state index is 11.9. The highest BCUT2D eigenvalue weighted by Crippen LogP contribution is 2.33. The third kappa shape index (κ3) is 3.76. The van der Waals surface area contributed by atoms with Crippen LogP contribution in [0.1, 0.15) is 17.2 Å². The van der Waals surface area contributed by atoms with Gasteiger partial charge in [-0.2, -0.15) is 4.79 Å². The lowest BCUT2D eigenvalue weighted by molar-refractivity contribution is -0.140. The normalized spacial score (nSPS) is 19.4. The zero-order valence-corrected chi connectivity index (χ0v) is 13.8. The van der Waals surface area contributed by atoms with Crippen LogP contribution in [0.15, 0.2) is 54.6 Å². The van der Waals surface area contributed by atoms with E-state index in [2.05, 4.69) is 4.79 Å². The second kappa shape index (κ2) is 7.75. The molecule has 2 atom stereocenters. The first kappa shape index (κ1) is 16.9. The predicted octanol–water partition coefficient (Wildman–Crippen LogP) is 2.80. The van der Waals surface area contributed by atoms with Crippen molar-refractivity contribution in [3.63, 3.8) is 0 Å².